The molecule has 0 bridgehead atoms. The first-order valence-corrected chi connectivity index (χ1v) is 5.44. The first kappa shape index (κ1) is 10.5. The summed E-state index contributed by atoms with van der Waals surface area (Å²) in [7, 11) is 0. The van der Waals surface area contributed by atoms with Gasteiger partial charge in [0.05, 0.1) is 6.20 Å². The quantitative estimate of drug-likeness (QED) is 0.678. The Morgan fingerprint density at radius 2 is 2.28 bits per heavy atom. The van der Waals surface area contributed by atoms with Crippen molar-refractivity contribution < 1.29 is 4.74 Å². The van der Waals surface area contributed by atoms with Crippen LogP contribution in [0.4, 0.5) is 5.69 Å². The lowest BCUT2D eigenvalue weighted by atomic mass is 10.3. The molecule has 3 N–H and O–H groups in total. The van der Waals surface area contributed by atoms with Crippen molar-refractivity contribution in [2.24, 2.45) is 0 Å². The lowest BCUT2D eigenvalue weighted by Gasteiger charge is -2.04. The van der Waals surface area contributed by atoms with Crippen molar-refractivity contribution in [3.05, 3.63) is 42.6 Å². The minimum absolute atomic E-state index is 0.333. The first-order valence-electron chi connectivity index (χ1n) is 5.44. The summed E-state index contributed by atoms with van der Waals surface area (Å²) in [4.78, 5) is 15.3. The molecule has 0 aliphatic carbocycles. The molecule has 0 radical (unpaired) electrons. The molecule has 0 aliphatic heterocycles. The number of imidazole rings is 1. The molecule has 90 valence electrons. The summed E-state index contributed by atoms with van der Waals surface area (Å²) in [5.74, 6) is 1.41. The molecule has 18 heavy (non-hydrogen) atoms. The van der Waals surface area contributed by atoms with Crippen molar-refractivity contribution in [3.8, 4) is 5.75 Å². The lowest BCUT2D eigenvalue weighted by Crippen LogP contribution is -1.97. The molecule has 0 saturated carbocycles. The van der Waals surface area contributed by atoms with Crippen LogP contribution in [0.2, 0.25) is 0 Å². The Balaban J connectivity index is 1.76. The largest absolute Gasteiger partial charge is 0.486 e. The highest BCUT2D eigenvalue weighted by atomic mass is 16.5. The topological polar surface area (TPSA) is 89.7 Å². The van der Waals surface area contributed by atoms with Gasteiger partial charge in [-0.3, -0.25) is 0 Å². The molecule has 0 atom stereocenters. The molecular formula is C12H11N5O. The van der Waals surface area contributed by atoms with Crippen molar-refractivity contribution in [1.29, 1.82) is 0 Å². The molecule has 2 aromatic heterocycles. The van der Waals surface area contributed by atoms with Crippen LogP contribution < -0.4 is 10.5 Å². The molecule has 0 aliphatic rings. The number of nitrogens with two attached hydrogens (primary N) is 1. The number of aromatic nitrogens is 4. The average molecular weight is 241 g/mol. The zero-order chi connectivity index (χ0) is 12.4. The highest BCUT2D eigenvalue weighted by Crippen LogP contribution is 2.16. The summed E-state index contributed by atoms with van der Waals surface area (Å²) in [6, 6.07) is 7.26. The standard InChI is InChI=1S/C12H11N5O/c13-8-2-1-3-9(4-8)18-6-11-16-10-5-14-7-15-12(10)17-11/h1-5,7H,6,13H2,(H,14,15,16,17). The second-order valence-electron chi connectivity index (χ2n) is 3.80. The minimum Gasteiger partial charge on any atom is -0.486 e. The van der Waals surface area contributed by atoms with E-state index in [0.29, 0.717) is 29.5 Å². The fourth-order valence-corrected chi connectivity index (χ4v) is 1.64. The summed E-state index contributed by atoms with van der Waals surface area (Å²) in [5, 5.41) is 0. The average Bonchev–Trinajstić information content (AvgIpc) is 2.79. The van der Waals surface area contributed by atoms with E-state index in [-0.39, 0.29) is 0 Å². The maximum absolute atomic E-state index is 5.67. The number of hydrogen-bond donors (Lipinski definition) is 2. The first-order chi connectivity index (χ1) is 8.81. The van der Waals surface area contributed by atoms with E-state index in [4.69, 9.17) is 10.5 Å². The van der Waals surface area contributed by atoms with E-state index in [9.17, 15) is 0 Å². The van der Waals surface area contributed by atoms with Crippen molar-refractivity contribution in [2.75, 3.05) is 5.73 Å². The van der Waals surface area contributed by atoms with Gasteiger partial charge in [-0.05, 0) is 12.1 Å². The van der Waals surface area contributed by atoms with Gasteiger partial charge in [-0.25, -0.2) is 15.0 Å². The number of H-pyrrole nitrogens is 1. The molecule has 0 unspecified atom stereocenters. The molecule has 3 aromatic rings. The van der Waals surface area contributed by atoms with Crippen LogP contribution in [-0.4, -0.2) is 19.9 Å². The lowest BCUT2D eigenvalue weighted by molar-refractivity contribution is 0.297. The Bertz CT molecular complexity index is 646. The predicted molar refractivity (Wildman–Crippen MR) is 66.9 cm³/mol. The van der Waals surface area contributed by atoms with Gasteiger partial charge in [-0.1, -0.05) is 6.07 Å². The van der Waals surface area contributed by atoms with Gasteiger partial charge in [0.2, 0.25) is 0 Å². The molecule has 0 fully saturated rings. The van der Waals surface area contributed by atoms with Crippen LogP contribution in [0.15, 0.2) is 36.8 Å². The zero-order valence-corrected chi connectivity index (χ0v) is 9.50. The summed E-state index contributed by atoms with van der Waals surface area (Å²) in [6.07, 6.45) is 3.14. The van der Waals surface area contributed by atoms with Gasteiger partial charge in [-0.15, -0.1) is 0 Å². The number of rotatable bonds is 3. The van der Waals surface area contributed by atoms with Gasteiger partial charge in [0.1, 0.15) is 30.0 Å². The van der Waals surface area contributed by atoms with Crippen LogP contribution in [0.5, 0.6) is 5.75 Å². The van der Waals surface area contributed by atoms with Crippen molar-refractivity contribution in [1.82, 2.24) is 19.9 Å². The summed E-state index contributed by atoms with van der Waals surface area (Å²) in [6.45, 7) is 0.333. The molecule has 0 amide bonds. The maximum Gasteiger partial charge on any atom is 0.180 e. The highest BCUT2D eigenvalue weighted by Gasteiger charge is 2.04. The van der Waals surface area contributed by atoms with E-state index < -0.39 is 0 Å². The van der Waals surface area contributed by atoms with Crippen molar-refractivity contribution in [3.63, 3.8) is 0 Å². The predicted octanol–water partition coefficient (Wildman–Crippen LogP) is 1.51. The highest BCUT2D eigenvalue weighted by molar-refractivity contribution is 5.68. The normalized spacial score (nSPS) is 10.7. The van der Waals surface area contributed by atoms with Gasteiger partial charge in [0, 0.05) is 11.8 Å². The number of aromatic amines is 1. The molecule has 1 aromatic carbocycles. The number of nitrogen functional groups attached to an aromatic ring is 1. The van der Waals surface area contributed by atoms with E-state index in [1.54, 1.807) is 12.3 Å². The van der Waals surface area contributed by atoms with Crippen molar-refractivity contribution >= 4 is 16.9 Å². The van der Waals surface area contributed by atoms with Crippen LogP contribution in [0.3, 0.4) is 0 Å². The third-order valence-electron chi connectivity index (χ3n) is 2.44. The molecule has 3 rings (SSSR count). The molecule has 6 nitrogen and oxygen atoms in total. The van der Waals surface area contributed by atoms with E-state index in [1.807, 2.05) is 18.2 Å². The Morgan fingerprint density at radius 3 is 3.11 bits per heavy atom. The Hall–Kier alpha value is -2.63. The third kappa shape index (κ3) is 2.08. The molecule has 6 heteroatoms. The summed E-state index contributed by atoms with van der Waals surface area (Å²) < 4.78 is 5.58. The van der Waals surface area contributed by atoms with Gasteiger partial charge < -0.3 is 15.5 Å². The van der Waals surface area contributed by atoms with Crippen LogP contribution in [0.1, 0.15) is 5.82 Å². The van der Waals surface area contributed by atoms with Crippen LogP contribution in [0.25, 0.3) is 11.2 Å². The Labute approximate surface area is 103 Å². The van der Waals surface area contributed by atoms with E-state index in [0.717, 1.165) is 5.52 Å². The minimum atomic E-state index is 0.333. The SMILES string of the molecule is Nc1cccc(OCc2nc3ncncc3[nH]2)c1. The van der Waals surface area contributed by atoms with Crippen LogP contribution >= 0.6 is 0 Å². The van der Waals surface area contributed by atoms with Gasteiger partial charge in [-0.2, -0.15) is 0 Å². The van der Waals surface area contributed by atoms with Gasteiger partial charge in [0.15, 0.2) is 5.65 Å². The number of anilines is 1. The zero-order valence-electron chi connectivity index (χ0n) is 9.50. The fourth-order valence-electron chi connectivity index (χ4n) is 1.64. The Kier molecular flexibility index (Phi) is 2.53. The summed E-state index contributed by atoms with van der Waals surface area (Å²) in [5.41, 5.74) is 7.77. The number of ether oxygens (including phenoxy) is 1. The summed E-state index contributed by atoms with van der Waals surface area (Å²) >= 11 is 0. The second kappa shape index (κ2) is 4.33. The van der Waals surface area contributed by atoms with Gasteiger partial charge >= 0.3 is 0 Å². The van der Waals surface area contributed by atoms with Crippen LogP contribution in [-0.2, 0) is 6.61 Å². The van der Waals surface area contributed by atoms with E-state index >= 15 is 0 Å². The number of nitrogens with one attached hydrogen (secondary N) is 1. The van der Waals surface area contributed by atoms with Crippen molar-refractivity contribution in [2.45, 2.75) is 6.61 Å². The number of fused-ring (bicyclic) bond motifs is 1. The second-order valence-corrected chi connectivity index (χ2v) is 3.80. The fraction of sp³-hybridized carbons (Fsp3) is 0.0833. The molecule has 0 saturated heterocycles. The maximum atomic E-state index is 5.67. The Morgan fingerprint density at radius 1 is 1.33 bits per heavy atom. The molecule has 0 spiro atoms. The number of benzene rings is 1. The monoisotopic (exact) mass is 241 g/mol. The number of hydrogen-bond acceptors (Lipinski definition) is 5. The smallest absolute Gasteiger partial charge is 0.180 e. The third-order valence-corrected chi connectivity index (χ3v) is 2.44. The van der Waals surface area contributed by atoms with E-state index in [1.165, 1.54) is 6.33 Å². The molecule has 2 heterocycles. The number of nitrogens with zero attached hydrogens (tertiary/aromatic N) is 3. The van der Waals surface area contributed by atoms with Crippen LogP contribution in [0, 0.1) is 0 Å². The molecular weight excluding hydrogens is 230 g/mol. The van der Waals surface area contributed by atoms with E-state index in [2.05, 4.69) is 19.9 Å². The van der Waals surface area contributed by atoms with Gasteiger partial charge in [0.25, 0.3) is 0 Å².